The van der Waals surface area contributed by atoms with Gasteiger partial charge in [-0.15, -0.1) is 12.4 Å². The van der Waals surface area contributed by atoms with Crippen LogP contribution in [-0.4, -0.2) is 43.6 Å². The molecule has 4 nitrogen and oxygen atoms in total. The molecule has 16 heavy (non-hydrogen) atoms. The summed E-state index contributed by atoms with van der Waals surface area (Å²) in [6.07, 6.45) is 3.60. The lowest BCUT2D eigenvalue weighted by atomic mass is 10.2. The Hall–Kier alpha value is 0.160. The number of hydrogen-bond donors (Lipinski definition) is 1. The minimum absolute atomic E-state index is 0. The molecule has 1 unspecified atom stereocenters. The Balaban J connectivity index is 0.00000128. The fourth-order valence-corrected chi connectivity index (χ4v) is 4.33. The molecule has 96 valence electrons. The van der Waals surface area contributed by atoms with Crippen molar-refractivity contribution in [2.75, 3.05) is 19.6 Å². The molecule has 2 rings (SSSR count). The Morgan fingerprint density at radius 2 is 2.00 bits per heavy atom. The van der Waals surface area contributed by atoms with Crippen molar-refractivity contribution in [3.8, 4) is 0 Å². The Kier molecular flexibility index (Phi) is 5.04. The van der Waals surface area contributed by atoms with Gasteiger partial charge in [0, 0.05) is 19.1 Å². The second-order valence-corrected chi connectivity index (χ2v) is 6.67. The SMILES string of the molecule is CCCN(C1CCNC1)S(=O)(=O)C1CC1.Cl. The molecule has 0 amide bonds. The van der Waals surface area contributed by atoms with Crippen LogP contribution in [0.1, 0.15) is 32.6 Å². The quantitative estimate of drug-likeness (QED) is 0.809. The van der Waals surface area contributed by atoms with Crippen LogP contribution in [0.4, 0.5) is 0 Å². The van der Waals surface area contributed by atoms with Gasteiger partial charge in [-0.2, -0.15) is 4.31 Å². The Bertz CT molecular complexity index is 311. The third kappa shape index (κ3) is 2.88. The molecule has 1 N–H and O–H groups in total. The highest BCUT2D eigenvalue weighted by atomic mass is 35.5. The fourth-order valence-electron chi connectivity index (χ4n) is 2.18. The Morgan fingerprint density at radius 1 is 1.31 bits per heavy atom. The summed E-state index contributed by atoms with van der Waals surface area (Å²) in [5.74, 6) is 0. The zero-order valence-corrected chi connectivity index (χ0v) is 11.3. The maximum atomic E-state index is 12.2. The van der Waals surface area contributed by atoms with E-state index >= 15 is 0 Å². The molecular formula is C10H21ClN2O2S. The van der Waals surface area contributed by atoms with Gasteiger partial charge in [-0.1, -0.05) is 6.92 Å². The van der Waals surface area contributed by atoms with Crippen molar-refractivity contribution in [1.82, 2.24) is 9.62 Å². The van der Waals surface area contributed by atoms with Crippen LogP contribution in [0.3, 0.4) is 0 Å². The molecular weight excluding hydrogens is 248 g/mol. The minimum atomic E-state index is -2.98. The number of hydrogen-bond acceptors (Lipinski definition) is 3. The molecule has 0 aromatic carbocycles. The molecule has 1 saturated carbocycles. The van der Waals surface area contributed by atoms with E-state index in [2.05, 4.69) is 5.32 Å². The van der Waals surface area contributed by atoms with Crippen LogP contribution in [0.2, 0.25) is 0 Å². The minimum Gasteiger partial charge on any atom is -0.315 e. The van der Waals surface area contributed by atoms with Crippen LogP contribution in [-0.2, 0) is 10.0 Å². The Morgan fingerprint density at radius 3 is 2.44 bits per heavy atom. The molecule has 1 aliphatic heterocycles. The lowest BCUT2D eigenvalue weighted by Crippen LogP contribution is -2.43. The van der Waals surface area contributed by atoms with Crippen LogP contribution in [0.25, 0.3) is 0 Å². The van der Waals surface area contributed by atoms with Gasteiger partial charge < -0.3 is 5.32 Å². The van der Waals surface area contributed by atoms with E-state index in [-0.39, 0.29) is 23.7 Å². The first kappa shape index (κ1) is 14.2. The highest BCUT2D eigenvalue weighted by Gasteiger charge is 2.42. The van der Waals surface area contributed by atoms with Gasteiger partial charge in [0.1, 0.15) is 0 Å². The Labute approximate surface area is 104 Å². The van der Waals surface area contributed by atoms with Crippen LogP contribution in [0.15, 0.2) is 0 Å². The lowest BCUT2D eigenvalue weighted by Gasteiger charge is -2.27. The third-order valence-electron chi connectivity index (χ3n) is 3.16. The number of nitrogens with zero attached hydrogens (tertiary/aromatic N) is 1. The maximum absolute atomic E-state index is 12.2. The molecule has 0 aromatic rings. The van der Waals surface area contributed by atoms with Crippen LogP contribution >= 0.6 is 12.4 Å². The van der Waals surface area contributed by atoms with Gasteiger partial charge in [-0.05, 0) is 32.2 Å². The number of sulfonamides is 1. The van der Waals surface area contributed by atoms with E-state index in [9.17, 15) is 8.42 Å². The van der Waals surface area contributed by atoms with E-state index in [1.807, 2.05) is 6.92 Å². The average molecular weight is 269 g/mol. The molecule has 1 saturated heterocycles. The molecule has 0 radical (unpaired) electrons. The summed E-state index contributed by atoms with van der Waals surface area (Å²) >= 11 is 0. The first-order valence-corrected chi connectivity index (χ1v) is 7.38. The smallest absolute Gasteiger partial charge is 0.217 e. The second-order valence-electron chi connectivity index (χ2n) is 4.50. The zero-order chi connectivity index (χ0) is 10.9. The molecule has 0 bridgehead atoms. The molecule has 1 atom stereocenters. The topological polar surface area (TPSA) is 49.4 Å². The van der Waals surface area contributed by atoms with Crippen molar-refractivity contribution in [3.63, 3.8) is 0 Å². The van der Waals surface area contributed by atoms with Gasteiger partial charge in [0.05, 0.1) is 5.25 Å². The summed E-state index contributed by atoms with van der Waals surface area (Å²) in [6, 6.07) is 0.204. The van der Waals surface area contributed by atoms with Crippen molar-refractivity contribution in [1.29, 1.82) is 0 Å². The molecule has 2 fully saturated rings. The van der Waals surface area contributed by atoms with Crippen LogP contribution < -0.4 is 5.32 Å². The first-order chi connectivity index (χ1) is 7.16. The van der Waals surface area contributed by atoms with Crippen molar-refractivity contribution < 1.29 is 8.42 Å². The van der Waals surface area contributed by atoms with Gasteiger partial charge in [-0.25, -0.2) is 8.42 Å². The summed E-state index contributed by atoms with van der Waals surface area (Å²) in [4.78, 5) is 0. The van der Waals surface area contributed by atoms with E-state index in [4.69, 9.17) is 0 Å². The summed E-state index contributed by atoms with van der Waals surface area (Å²) in [5.41, 5.74) is 0. The molecule has 0 aromatic heterocycles. The van der Waals surface area contributed by atoms with Gasteiger partial charge in [-0.3, -0.25) is 0 Å². The van der Waals surface area contributed by atoms with Crippen LogP contribution in [0.5, 0.6) is 0 Å². The standard InChI is InChI=1S/C10H20N2O2S.ClH/c1-2-7-12(9-5-6-11-8-9)15(13,14)10-3-4-10;/h9-11H,2-8H2,1H3;1H. The van der Waals surface area contributed by atoms with Gasteiger partial charge in [0.15, 0.2) is 0 Å². The molecule has 2 aliphatic rings. The second kappa shape index (κ2) is 5.67. The van der Waals surface area contributed by atoms with E-state index in [1.54, 1.807) is 4.31 Å². The van der Waals surface area contributed by atoms with Crippen LogP contribution in [0, 0.1) is 0 Å². The summed E-state index contributed by atoms with van der Waals surface area (Å²) in [6.45, 7) is 4.50. The summed E-state index contributed by atoms with van der Waals surface area (Å²) in [7, 11) is -2.98. The van der Waals surface area contributed by atoms with E-state index in [0.29, 0.717) is 6.54 Å². The lowest BCUT2D eigenvalue weighted by molar-refractivity contribution is 0.334. The van der Waals surface area contributed by atoms with E-state index < -0.39 is 10.0 Å². The largest absolute Gasteiger partial charge is 0.315 e. The normalized spacial score (nSPS) is 25.8. The predicted octanol–water partition coefficient (Wildman–Crippen LogP) is 0.974. The average Bonchev–Trinajstić information content (AvgIpc) is 2.93. The maximum Gasteiger partial charge on any atom is 0.217 e. The van der Waals surface area contributed by atoms with Crippen molar-refractivity contribution in [3.05, 3.63) is 0 Å². The molecule has 1 aliphatic carbocycles. The summed E-state index contributed by atoms with van der Waals surface area (Å²) < 4.78 is 26.1. The number of rotatable bonds is 5. The van der Waals surface area contributed by atoms with Gasteiger partial charge in [0.25, 0.3) is 0 Å². The first-order valence-electron chi connectivity index (χ1n) is 5.87. The monoisotopic (exact) mass is 268 g/mol. The van der Waals surface area contributed by atoms with Crippen molar-refractivity contribution >= 4 is 22.4 Å². The van der Waals surface area contributed by atoms with Gasteiger partial charge in [0.2, 0.25) is 10.0 Å². The highest BCUT2D eigenvalue weighted by molar-refractivity contribution is 7.90. The third-order valence-corrected chi connectivity index (χ3v) is 5.61. The van der Waals surface area contributed by atoms with Crippen molar-refractivity contribution in [2.24, 2.45) is 0 Å². The molecule has 0 spiro atoms. The van der Waals surface area contributed by atoms with E-state index in [0.717, 1.165) is 38.8 Å². The molecule has 1 heterocycles. The predicted molar refractivity (Wildman–Crippen MR) is 67.5 cm³/mol. The highest BCUT2D eigenvalue weighted by Crippen LogP contribution is 2.32. The number of halogens is 1. The van der Waals surface area contributed by atoms with Gasteiger partial charge >= 0.3 is 0 Å². The number of nitrogens with one attached hydrogen (secondary N) is 1. The fraction of sp³-hybridized carbons (Fsp3) is 1.00. The van der Waals surface area contributed by atoms with E-state index in [1.165, 1.54) is 0 Å². The zero-order valence-electron chi connectivity index (χ0n) is 9.68. The van der Waals surface area contributed by atoms with Crippen molar-refractivity contribution in [2.45, 2.75) is 43.9 Å². The summed E-state index contributed by atoms with van der Waals surface area (Å²) in [5, 5.41) is 3.17. The molecule has 6 heteroatoms.